The number of hydrogen-bond acceptors (Lipinski definition) is 3. The van der Waals surface area contributed by atoms with E-state index < -0.39 is 0 Å². The second-order valence-corrected chi connectivity index (χ2v) is 4.44. The molecule has 1 heterocycles. The monoisotopic (exact) mass is 205 g/mol. The van der Waals surface area contributed by atoms with Gasteiger partial charge in [0, 0.05) is 17.8 Å². The van der Waals surface area contributed by atoms with Crippen LogP contribution in [-0.2, 0) is 0 Å². The van der Waals surface area contributed by atoms with Crippen molar-refractivity contribution in [2.75, 3.05) is 12.8 Å². The molecule has 82 valence electrons. The van der Waals surface area contributed by atoms with Gasteiger partial charge in [0.05, 0.1) is 0 Å². The fraction of sp³-hybridized carbons (Fsp3) is 0.583. The van der Waals surface area contributed by atoms with Gasteiger partial charge in [-0.1, -0.05) is 6.42 Å². The molecule has 15 heavy (non-hydrogen) atoms. The van der Waals surface area contributed by atoms with Gasteiger partial charge in [0.15, 0.2) is 0 Å². The number of aryl methyl sites for hydroxylation is 1. The van der Waals surface area contributed by atoms with Crippen molar-refractivity contribution < 1.29 is 0 Å². The highest BCUT2D eigenvalue weighted by Gasteiger charge is 2.28. The third-order valence-corrected chi connectivity index (χ3v) is 3.35. The van der Waals surface area contributed by atoms with Gasteiger partial charge in [-0.05, 0) is 44.4 Å². The molecule has 1 saturated carbocycles. The lowest BCUT2D eigenvalue weighted by molar-refractivity contribution is 0.239. The minimum Gasteiger partial charge on any atom is -0.383 e. The normalized spacial score (nSPS) is 18.5. The van der Waals surface area contributed by atoms with E-state index in [-0.39, 0.29) is 0 Å². The highest BCUT2D eigenvalue weighted by molar-refractivity contribution is 5.43. The standard InChI is InChI=1S/C12H19N3/c1-8-6-10(12(13)15-7-8)11(14-2)9-4-3-5-9/h6-7,9,11,14H,3-5H2,1-2H3,(H2,13,15). The molecule has 3 nitrogen and oxygen atoms in total. The lowest BCUT2D eigenvalue weighted by Crippen LogP contribution is -2.30. The topological polar surface area (TPSA) is 50.9 Å². The van der Waals surface area contributed by atoms with Gasteiger partial charge in [-0.25, -0.2) is 4.98 Å². The maximum absolute atomic E-state index is 5.93. The first kappa shape index (κ1) is 10.4. The third kappa shape index (κ3) is 1.97. The summed E-state index contributed by atoms with van der Waals surface area (Å²) in [5, 5.41) is 3.37. The molecule has 0 aliphatic heterocycles. The Morgan fingerprint density at radius 1 is 1.53 bits per heavy atom. The second kappa shape index (κ2) is 4.19. The van der Waals surface area contributed by atoms with Crippen molar-refractivity contribution in [3.05, 3.63) is 23.4 Å². The number of nitrogens with zero attached hydrogens (tertiary/aromatic N) is 1. The Morgan fingerprint density at radius 3 is 2.80 bits per heavy atom. The molecule has 0 radical (unpaired) electrons. The maximum Gasteiger partial charge on any atom is 0.128 e. The van der Waals surface area contributed by atoms with Gasteiger partial charge >= 0.3 is 0 Å². The number of rotatable bonds is 3. The van der Waals surface area contributed by atoms with Crippen LogP contribution in [0.1, 0.15) is 36.4 Å². The van der Waals surface area contributed by atoms with E-state index in [2.05, 4.69) is 23.3 Å². The molecular formula is C12H19N3. The Kier molecular flexibility index (Phi) is 2.91. The molecule has 3 heteroatoms. The fourth-order valence-corrected chi connectivity index (χ4v) is 2.27. The average Bonchev–Trinajstić information content (AvgIpc) is 2.15. The lowest BCUT2D eigenvalue weighted by atomic mass is 9.77. The van der Waals surface area contributed by atoms with Crippen molar-refractivity contribution in [2.45, 2.75) is 32.2 Å². The molecule has 0 amide bonds. The van der Waals surface area contributed by atoms with Crippen LogP contribution in [0.4, 0.5) is 5.82 Å². The highest BCUT2D eigenvalue weighted by Crippen LogP contribution is 2.38. The Morgan fingerprint density at radius 2 is 2.27 bits per heavy atom. The largest absolute Gasteiger partial charge is 0.383 e. The smallest absolute Gasteiger partial charge is 0.128 e. The van der Waals surface area contributed by atoms with Crippen LogP contribution < -0.4 is 11.1 Å². The number of nitrogens with one attached hydrogen (secondary N) is 1. The molecular weight excluding hydrogens is 186 g/mol. The molecule has 3 N–H and O–H groups in total. The van der Waals surface area contributed by atoms with Crippen molar-refractivity contribution in [3.63, 3.8) is 0 Å². The number of nitrogen functional groups attached to an aromatic ring is 1. The van der Waals surface area contributed by atoms with Crippen molar-refractivity contribution in [2.24, 2.45) is 5.92 Å². The summed E-state index contributed by atoms with van der Waals surface area (Å²) in [4.78, 5) is 4.23. The molecule has 1 unspecified atom stereocenters. The van der Waals surface area contributed by atoms with E-state index in [0.717, 1.165) is 5.92 Å². The minimum atomic E-state index is 0.381. The summed E-state index contributed by atoms with van der Waals surface area (Å²) in [6.45, 7) is 2.06. The van der Waals surface area contributed by atoms with Gasteiger partial charge < -0.3 is 11.1 Å². The van der Waals surface area contributed by atoms with Gasteiger partial charge in [0.2, 0.25) is 0 Å². The molecule has 2 rings (SSSR count). The third-order valence-electron chi connectivity index (χ3n) is 3.35. The zero-order chi connectivity index (χ0) is 10.8. The summed E-state index contributed by atoms with van der Waals surface area (Å²) in [7, 11) is 2.00. The molecule has 1 aromatic heterocycles. The second-order valence-electron chi connectivity index (χ2n) is 4.44. The van der Waals surface area contributed by atoms with Crippen molar-refractivity contribution in [3.8, 4) is 0 Å². The number of aromatic nitrogens is 1. The van der Waals surface area contributed by atoms with E-state index in [4.69, 9.17) is 5.73 Å². The molecule has 1 aliphatic carbocycles. The highest BCUT2D eigenvalue weighted by atomic mass is 14.9. The fourth-order valence-electron chi connectivity index (χ4n) is 2.27. The molecule has 0 bridgehead atoms. The maximum atomic E-state index is 5.93. The summed E-state index contributed by atoms with van der Waals surface area (Å²) >= 11 is 0. The number of pyridine rings is 1. The summed E-state index contributed by atoms with van der Waals surface area (Å²) < 4.78 is 0. The van der Waals surface area contributed by atoms with E-state index in [0.29, 0.717) is 11.9 Å². The van der Waals surface area contributed by atoms with Crippen LogP contribution in [0.3, 0.4) is 0 Å². The van der Waals surface area contributed by atoms with Gasteiger partial charge in [0.25, 0.3) is 0 Å². The van der Waals surface area contributed by atoms with Crippen LogP contribution in [0.25, 0.3) is 0 Å². The van der Waals surface area contributed by atoms with Gasteiger partial charge in [-0.2, -0.15) is 0 Å². The molecule has 0 spiro atoms. The van der Waals surface area contributed by atoms with Crippen LogP contribution in [0, 0.1) is 12.8 Å². The Bertz CT molecular complexity index is 345. The predicted octanol–water partition coefficient (Wildman–Crippen LogP) is 2.03. The van der Waals surface area contributed by atoms with E-state index in [1.165, 1.54) is 30.4 Å². The van der Waals surface area contributed by atoms with E-state index in [9.17, 15) is 0 Å². The molecule has 1 atom stereocenters. The Hall–Kier alpha value is -1.09. The van der Waals surface area contributed by atoms with Crippen LogP contribution in [0.5, 0.6) is 0 Å². The number of anilines is 1. The summed E-state index contributed by atoms with van der Waals surface area (Å²) in [5.41, 5.74) is 8.28. The van der Waals surface area contributed by atoms with Crippen molar-refractivity contribution in [1.82, 2.24) is 10.3 Å². The quantitative estimate of drug-likeness (QED) is 0.794. The first-order valence-corrected chi connectivity index (χ1v) is 5.61. The SMILES string of the molecule is CNC(c1cc(C)cnc1N)C1CCC1. The lowest BCUT2D eigenvalue weighted by Gasteiger charge is -2.34. The summed E-state index contributed by atoms with van der Waals surface area (Å²) in [6, 6.07) is 2.54. The predicted molar refractivity (Wildman–Crippen MR) is 62.5 cm³/mol. The van der Waals surface area contributed by atoms with E-state index in [1.54, 1.807) is 0 Å². The van der Waals surface area contributed by atoms with E-state index >= 15 is 0 Å². The zero-order valence-corrected chi connectivity index (χ0v) is 9.46. The number of hydrogen-bond donors (Lipinski definition) is 2. The van der Waals surface area contributed by atoms with Crippen molar-refractivity contribution in [1.29, 1.82) is 0 Å². The number of nitrogens with two attached hydrogens (primary N) is 1. The first-order valence-electron chi connectivity index (χ1n) is 5.61. The van der Waals surface area contributed by atoms with Crippen LogP contribution in [0.2, 0.25) is 0 Å². The molecule has 1 aromatic rings. The zero-order valence-electron chi connectivity index (χ0n) is 9.46. The molecule has 1 fully saturated rings. The van der Waals surface area contributed by atoms with Crippen LogP contribution in [0.15, 0.2) is 12.3 Å². The molecule has 0 saturated heterocycles. The van der Waals surface area contributed by atoms with E-state index in [1.807, 2.05) is 13.2 Å². The van der Waals surface area contributed by atoms with Gasteiger partial charge in [0.1, 0.15) is 5.82 Å². The van der Waals surface area contributed by atoms with Gasteiger partial charge in [-0.15, -0.1) is 0 Å². The summed E-state index contributed by atoms with van der Waals surface area (Å²) in [6.07, 6.45) is 5.78. The van der Waals surface area contributed by atoms with Crippen LogP contribution in [-0.4, -0.2) is 12.0 Å². The molecule has 0 aromatic carbocycles. The molecule has 1 aliphatic rings. The van der Waals surface area contributed by atoms with Crippen LogP contribution >= 0.6 is 0 Å². The Balaban J connectivity index is 2.28. The Labute approximate surface area is 91.1 Å². The first-order chi connectivity index (χ1) is 7.22. The van der Waals surface area contributed by atoms with Gasteiger partial charge in [-0.3, -0.25) is 0 Å². The summed E-state index contributed by atoms with van der Waals surface area (Å²) in [5.74, 6) is 1.41. The van der Waals surface area contributed by atoms with Crippen molar-refractivity contribution >= 4 is 5.82 Å². The minimum absolute atomic E-state index is 0.381. The average molecular weight is 205 g/mol.